The summed E-state index contributed by atoms with van der Waals surface area (Å²) in [4.78, 5) is 24.5. The first-order valence-electron chi connectivity index (χ1n) is 6.15. The Morgan fingerprint density at radius 2 is 2.12 bits per heavy atom. The molecule has 3 unspecified atom stereocenters. The van der Waals surface area contributed by atoms with E-state index in [1.165, 1.54) is 0 Å². The minimum absolute atomic E-state index is 0.0397. The summed E-state index contributed by atoms with van der Waals surface area (Å²) < 4.78 is 0. The van der Waals surface area contributed by atoms with Gasteiger partial charge in [-0.05, 0) is 25.2 Å². The maximum atomic E-state index is 12.0. The Balaban J connectivity index is 1.80. The minimum atomic E-state index is -0.502. The van der Waals surface area contributed by atoms with Crippen molar-refractivity contribution in [2.45, 2.75) is 25.3 Å². The van der Waals surface area contributed by atoms with Crippen LogP contribution in [0.4, 0.5) is 4.79 Å². The third kappa shape index (κ3) is 3.09. The fraction of sp³-hybridized carbons (Fsp3) is 0.818. The Morgan fingerprint density at radius 3 is 2.71 bits per heavy atom. The first-order chi connectivity index (χ1) is 8.08. The fourth-order valence-corrected chi connectivity index (χ4v) is 2.41. The van der Waals surface area contributed by atoms with Crippen LogP contribution in [0.3, 0.4) is 0 Å². The van der Waals surface area contributed by atoms with Gasteiger partial charge in [-0.2, -0.15) is 0 Å². The van der Waals surface area contributed by atoms with Crippen molar-refractivity contribution >= 4 is 11.9 Å². The highest BCUT2D eigenvalue weighted by molar-refractivity contribution is 5.82. The molecule has 0 aromatic rings. The number of nitrogens with two attached hydrogens (primary N) is 2. The molecule has 0 radical (unpaired) electrons. The summed E-state index contributed by atoms with van der Waals surface area (Å²) >= 11 is 0. The molecule has 5 N–H and O–H groups in total. The number of carbonyl (C=O) groups excluding carboxylic acids is 2. The van der Waals surface area contributed by atoms with E-state index in [1.54, 1.807) is 0 Å². The molecular formula is C11H20N4O2. The number of carbonyl (C=O) groups is 2. The Kier molecular flexibility index (Phi) is 3.51. The molecule has 6 nitrogen and oxygen atoms in total. The van der Waals surface area contributed by atoms with E-state index < -0.39 is 6.03 Å². The van der Waals surface area contributed by atoms with Crippen LogP contribution < -0.4 is 16.8 Å². The molecule has 2 rings (SSSR count). The van der Waals surface area contributed by atoms with Gasteiger partial charge in [-0.15, -0.1) is 0 Å². The van der Waals surface area contributed by atoms with Crippen molar-refractivity contribution in [2.24, 2.45) is 23.3 Å². The SMILES string of the molecule is NC(=O)NCC1CCCN(C(=O)C2CC2N)C1. The maximum absolute atomic E-state index is 12.0. The third-order valence-corrected chi connectivity index (χ3v) is 3.55. The molecule has 1 heterocycles. The van der Waals surface area contributed by atoms with Crippen LogP contribution in [0, 0.1) is 11.8 Å². The molecule has 96 valence electrons. The van der Waals surface area contributed by atoms with E-state index in [0.717, 1.165) is 25.8 Å². The van der Waals surface area contributed by atoms with Gasteiger partial charge in [-0.25, -0.2) is 4.79 Å². The zero-order chi connectivity index (χ0) is 12.4. The van der Waals surface area contributed by atoms with Crippen molar-refractivity contribution in [1.82, 2.24) is 10.2 Å². The van der Waals surface area contributed by atoms with Crippen LogP contribution in [0.25, 0.3) is 0 Å². The second-order valence-corrected chi connectivity index (χ2v) is 5.04. The lowest BCUT2D eigenvalue weighted by atomic mass is 9.97. The predicted octanol–water partition coefficient (Wildman–Crippen LogP) is -0.759. The summed E-state index contributed by atoms with van der Waals surface area (Å²) in [6.45, 7) is 2.08. The van der Waals surface area contributed by atoms with Crippen LogP contribution in [-0.4, -0.2) is 42.5 Å². The number of amides is 3. The number of piperidine rings is 1. The number of primary amides is 1. The Bertz CT molecular complexity index is 321. The number of nitrogens with one attached hydrogen (secondary N) is 1. The van der Waals surface area contributed by atoms with Crippen LogP contribution in [0.15, 0.2) is 0 Å². The molecule has 0 spiro atoms. The lowest BCUT2D eigenvalue weighted by molar-refractivity contribution is -0.134. The summed E-state index contributed by atoms with van der Waals surface area (Å²) in [5, 5.41) is 2.60. The van der Waals surface area contributed by atoms with Crippen LogP contribution in [0.1, 0.15) is 19.3 Å². The second-order valence-electron chi connectivity index (χ2n) is 5.04. The number of urea groups is 1. The number of hydrogen-bond acceptors (Lipinski definition) is 3. The zero-order valence-electron chi connectivity index (χ0n) is 9.89. The lowest BCUT2D eigenvalue weighted by Gasteiger charge is -2.33. The average molecular weight is 240 g/mol. The Labute approximate surface area is 101 Å². The van der Waals surface area contributed by atoms with Gasteiger partial charge in [-0.1, -0.05) is 0 Å². The van der Waals surface area contributed by atoms with Crippen molar-refractivity contribution in [3.63, 3.8) is 0 Å². The summed E-state index contributed by atoms with van der Waals surface area (Å²) in [5.41, 5.74) is 10.7. The van der Waals surface area contributed by atoms with Crippen LogP contribution in [0.2, 0.25) is 0 Å². The molecule has 3 amide bonds. The average Bonchev–Trinajstić information content (AvgIpc) is 3.03. The van der Waals surface area contributed by atoms with Gasteiger partial charge in [0.15, 0.2) is 0 Å². The fourth-order valence-electron chi connectivity index (χ4n) is 2.41. The Morgan fingerprint density at radius 1 is 1.41 bits per heavy atom. The van der Waals surface area contributed by atoms with E-state index in [9.17, 15) is 9.59 Å². The molecule has 1 saturated carbocycles. The van der Waals surface area contributed by atoms with Gasteiger partial charge in [-0.3, -0.25) is 4.79 Å². The number of nitrogens with zero attached hydrogens (tertiary/aromatic N) is 1. The molecule has 1 aliphatic carbocycles. The molecule has 0 aromatic heterocycles. The summed E-state index contributed by atoms with van der Waals surface area (Å²) in [6.07, 6.45) is 2.83. The highest BCUT2D eigenvalue weighted by Crippen LogP contribution is 2.31. The third-order valence-electron chi connectivity index (χ3n) is 3.55. The van der Waals surface area contributed by atoms with Gasteiger partial charge in [0.2, 0.25) is 5.91 Å². The van der Waals surface area contributed by atoms with Gasteiger partial charge in [0, 0.05) is 25.7 Å². The predicted molar refractivity (Wildman–Crippen MR) is 63.0 cm³/mol. The smallest absolute Gasteiger partial charge is 0.312 e. The number of hydrogen-bond donors (Lipinski definition) is 3. The van der Waals surface area contributed by atoms with Gasteiger partial charge in [0.1, 0.15) is 0 Å². The molecule has 1 aliphatic heterocycles. The largest absolute Gasteiger partial charge is 0.352 e. The molecule has 3 atom stereocenters. The van der Waals surface area contributed by atoms with Crippen LogP contribution in [-0.2, 0) is 4.79 Å². The van der Waals surface area contributed by atoms with Crippen molar-refractivity contribution in [1.29, 1.82) is 0 Å². The standard InChI is InChI=1S/C11H20N4O2/c12-9-4-8(9)10(16)15-3-1-2-7(6-15)5-14-11(13)17/h7-9H,1-6,12H2,(H3,13,14,17). The van der Waals surface area contributed by atoms with Crippen molar-refractivity contribution in [3.05, 3.63) is 0 Å². The molecular weight excluding hydrogens is 220 g/mol. The van der Waals surface area contributed by atoms with E-state index in [2.05, 4.69) is 5.32 Å². The van der Waals surface area contributed by atoms with Crippen LogP contribution in [0.5, 0.6) is 0 Å². The lowest BCUT2D eigenvalue weighted by Crippen LogP contribution is -2.45. The molecule has 2 fully saturated rings. The first-order valence-corrected chi connectivity index (χ1v) is 6.15. The van der Waals surface area contributed by atoms with E-state index in [0.29, 0.717) is 19.0 Å². The summed E-state index contributed by atoms with van der Waals surface area (Å²) in [7, 11) is 0. The quantitative estimate of drug-likeness (QED) is 0.604. The molecule has 1 saturated heterocycles. The molecule has 17 heavy (non-hydrogen) atoms. The Hall–Kier alpha value is -1.30. The van der Waals surface area contributed by atoms with Gasteiger partial charge in [0.25, 0.3) is 0 Å². The maximum Gasteiger partial charge on any atom is 0.312 e. The minimum Gasteiger partial charge on any atom is -0.352 e. The number of rotatable bonds is 3. The molecule has 6 heteroatoms. The second kappa shape index (κ2) is 4.91. The zero-order valence-corrected chi connectivity index (χ0v) is 9.89. The summed E-state index contributed by atoms with van der Waals surface area (Å²) in [5.74, 6) is 0.536. The van der Waals surface area contributed by atoms with Crippen molar-refractivity contribution in [2.75, 3.05) is 19.6 Å². The van der Waals surface area contributed by atoms with Gasteiger partial charge >= 0.3 is 6.03 Å². The molecule has 2 aliphatic rings. The highest BCUT2D eigenvalue weighted by atomic mass is 16.2. The van der Waals surface area contributed by atoms with E-state index >= 15 is 0 Å². The monoisotopic (exact) mass is 240 g/mol. The molecule has 0 aromatic carbocycles. The highest BCUT2D eigenvalue weighted by Gasteiger charge is 2.43. The molecule has 0 bridgehead atoms. The van der Waals surface area contributed by atoms with Gasteiger partial charge < -0.3 is 21.7 Å². The van der Waals surface area contributed by atoms with Crippen LogP contribution >= 0.6 is 0 Å². The summed E-state index contributed by atoms with van der Waals surface area (Å²) in [6, 6.07) is -0.440. The topological polar surface area (TPSA) is 101 Å². The number of likely N-dealkylation sites (tertiary alicyclic amines) is 1. The van der Waals surface area contributed by atoms with E-state index in [1.807, 2.05) is 4.90 Å². The van der Waals surface area contributed by atoms with Crippen molar-refractivity contribution in [3.8, 4) is 0 Å². The van der Waals surface area contributed by atoms with E-state index in [-0.39, 0.29) is 17.9 Å². The normalized spacial score (nSPS) is 32.1. The van der Waals surface area contributed by atoms with Crippen molar-refractivity contribution < 1.29 is 9.59 Å². The first kappa shape index (κ1) is 12.2. The van der Waals surface area contributed by atoms with Gasteiger partial charge in [0.05, 0.1) is 5.92 Å². The van der Waals surface area contributed by atoms with E-state index in [4.69, 9.17) is 11.5 Å².